The molecule has 1 atom stereocenters. The second kappa shape index (κ2) is 4.90. The van der Waals surface area contributed by atoms with Gasteiger partial charge in [-0.25, -0.2) is 4.79 Å². The highest BCUT2D eigenvalue weighted by molar-refractivity contribution is 5.82. The Balaban J connectivity index is 1.92. The lowest BCUT2D eigenvalue weighted by Gasteiger charge is -2.27. The molecule has 1 aromatic heterocycles. The molecule has 0 amide bonds. The van der Waals surface area contributed by atoms with Gasteiger partial charge in [0.15, 0.2) is 0 Å². The van der Waals surface area contributed by atoms with Crippen molar-refractivity contribution >= 4 is 16.9 Å². The molecule has 3 rings (SSSR count). The monoisotopic (exact) mass is 273 g/mol. The van der Waals surface area contributed by atoms with Gasteiger partial charge in [0.2, 0.25) is 0 Å². The molecule has 1 aliphatic carbocycles. The van der Waals surface area contributed by atoms with E-state index in [4.69, 9.17) is 10.5 Å². The highest BCUT2D eigenvalue weighted by atomic mass is 16.5. The van der Waals surface area contributed by atoms with Gasteiger partial charge in [-0.2, -0.15) is 5.10 Å². The van der Waals surface area contributed by atoms with E-state index < -0.39 is 5.54 Å². The molecule has 2 N–H and O–H groups in total. The average molecular weight is 273 g/mol. The predicted octanol–water partition coefficient (Wildman–Crippen LogP) is 1.71. The maximum atomic E-state index is 12.2. The number of nitrogens with two attached hydrogens (primary N) is 1. The summed E-state index contributed by atoms with van der Waals surface area (Å²) < 4.78 is 6.97. The van der Waals surface area contributed by atoms with Crippen molar-refractivity contribution in [3.8, 4) is 0 Å². The number of rotatable bonds is 5. The average Bonchev–Trinajstić information content (AvgIpc) is 3.23. The zero-order chi connectivity index (χ0) is 14.2. The Bertz CT molecular complexity index is 633. The van der Waals surface area contributed by atoms with Gasteiger partial charge < -0.3 is 10.5 Å². The van der Waals surface area contributed by atoms with Crippen molar-refractivity contribution in [2.24, 2.45) is 11.7 Å². The summed E-state index contributed by atoms with van der Waals surface area (Å²) in [4.78, 5) is 12.2. The summed E-state index contributed by atoms with van der Waals surface area (Å²) in [6.45, 7) is 2.52. The van der Waals surface area contributed by atoms with E-state index in [0.717, 1.165) is 23.7 Å². The second-order valence-electron chi connectivity index (χ2n) is 5.40. The molecule has 106 valence electrons. The lowest BCUT2D eigenvalue weighted by atomic mass is 9.94. The third kappa shape index (κ3) is 2.18. The Morgan fingerprint density at radius 2 is 2.25 bits per heavy atom. The van der Waals surface area contributed by atoms with Crippen LogP contribution in [-0.2, 0) is 16.1 Å². The number of nitrogens with zero attached hydrogens (tertiary/aromatic N) is 2. The third-order valence-corrected chi connectivity index (χ3v) is 3.92. The molecule has 2 aromatic rings. The predicted molar refractivity (Wildman–Crippen MR) is 76.0 cm³/mol. The normalized spacial score (nSPS) is 17.9. The molecule has 1 fully saturated rings. The molecule has 1 unspecified atom stereocenters. The fraction of sp³-hybridized carbons (Fsp3) is 0.467. The number of aromatic nitrogens is 2. The zero-order valence-electron chi connectivity index (χ0n) is 11.6. The Labute approximate surface area is 117 Å². The van der Waals surface area contributed by atoms with Gasteiger partial charge in [-0.05, 0) is 31.7 Å². The Morgan fingerprint density at radius 3 is 2.95 bits per heavy atom. The summed E-state index contributed by atoms with van der Waals surface area (Å²) in [5.74, 6) is -0.119. The van der Waals surface area contributed by atoms with Gasteiger partial charge in [-0.1, -0.05) is 18.2 Å². The van der Waals surface area contributed by atoms with Crippen molar-refractivity contribution in [3.63, 3.8) is 0 Å². The number of esters is 1. The van der Waals surface area contributed by atoms with Crippen LogP contribution in [0.1, 0.15) is 19.8 Å². The minimum absolute atomic E-state index is 0.199. The van der Waals surface area contributed by atoms with Crippen LogP contribution >= 0.6 is 0 Å². The molecule has 0 aliphatic heterocycles. The molecule has 1 heterocycles. The molecule has 5 nitrogen and oxygen atoms in total. The fourth-order valence-electron chi connectivity index (χ4n) is 2.62. The van der Waals surface area contributed by atoms with E-state index in [1.165, 1.54) is 0 Å². The summed E-state index contributed by atoms with van der Waals surface area (Å²) in [7, 11) is 0. The molecule has 1 aliphatic rings. The maximum Gasteiger partial charge on any atom is 0.328 e. The van der Waals surface area contributed by atoms with Crippen LogP contribution in [0.4, 0.5) is 0 Å². The summed E-state index contributed by atoms with van der Waals surface area (Å²) in [5.41, 5.74) is 6.41. The van der Waals surface area contributed by atoms with Gasteiger partial charge in [0.25, 0.3) is 0 Å². The number of ether oxygens (including phenoxy) is 1. The van der Waals surface area contributed by atoms with Crippen molar-refractivity contribution in [2.45, 2.75) is 31.8 Å². The smallest absolute Gasteiger partial charge is 0.328 e. The number of carbonyl (C=O) groups excluding carboxylic acids is 1. The van der Waals surface area contributed by atoms with E-state index >= 15 is 0 Å². The molecular weight excluding hydrogens is 254 g/mol. The lowest BCUT2D eigenvalue weighted by Crippen LogP contribution is -2.54. The molecule has 1 saturated carbocycles. The first-order valence-electron chi connectivity index (χ1n) is 7.02. The third-order valence-electron chi connectivity index (χ3n) is 3.92. The minimum atomic E-state index is -0.967. The van der Waals surface area contributed by atoms with Crippen molar-refractivity contribution in [1.82, 2.24) is 9.78 Å². The molecular formula is C15H19N3O2. The van der Waals surface area contributed by atoms with Crippen LogP contribution in [0.25, 0.3) is 10.9 Å². The summed E-state index contributed by atoms with van der Waals surface area (Å²) in [5, 5.41) is 5.41. The number of benzene rings is 1. The van der Waals surface area contributed by atoms with E-state index in [0.29, 0.717) is 13.2 Å². The minimum Gasteiger partial charge on any atom is -0.465 e. The van der Waals surface area contributed by atoms with Gasteiger partial charge in [0, 0.05) is 5.39 Å². The molecule has 20 heavy (non-hydrogen) atoms. The second-order valence-corrected chi connectivity index (χ2v) is 5.40. The van der Waals surface area contributed by atoms with Crippen LogP contribution in [0.3, 0.4) is 0 Å². The van der Waals surface area contributed by atoms with Crippen LogP contribution in [0.5, 0.6) is 0 Å². The van der Waals surface area contributed by atoms with Gasteiger partial charge in [-0.15, -0.1) is 0 Å². The maximum absolute atomic E-state index is 12.2. The van der Waals surface area contributed by atoms with Crippen LogP contribution in [0.15, 0.2) is 30.5 Å². The van der Waals surface area contributed by atoms with E-state index in [2.05, 4.69) is 5.10 Å². The van der Waals surface area contributed by atoms with E-state index in [-0.39, 0.29) is 11.9 Å². The zero-order valence-corrected chi connectivity index (χ0v) is 11.6. The summed E-state index contributed by atoms with van der Waals surface area (Å²) >= 11 is 0. The SMILES string of the molecule is CCOC(=O)C(N)(Cn1ncc2ccccc21)C1CC1. The molecule has 0 bridgehead atoms. The highest BCUT2D eigenvalue weighted by Gasteiger charge is 2.49. The van der Waals surface area contributed by atoms with Gasteiger partial charge >= 0.3 is 5.97 Å². The van der Waals surface area contributed by atoms with E-state index in [9.17, 15) is 4.79 Å². The number of hydrogen-bond donors (Lipinski definition) is 1. The molecule has 1 aromatic carbocycles. The Hall–Kier alpha value is -1.88. The highest BCUT2D eigenvalue weighted by Crippen LogP contribution is 2.40. The summed E-state index contributed by atoms with van der Waals surface area (Å²) in [6.07, 6.45) is 3.76. The number of carbonyl (C=O) groups is 1. The number of hydrogen-bond acceptors (Lipinski definition) is 4. The first-order valence-corrected chi connectivity index (χ1v) is 7.02. The van der Waals surface area contributed by atoms with Crippen molar-refractivity contribution in [1.29, 1.82) is 0 Å². The van der Waals surface area contributed by atoms with Crippen LogP contribution in [-0.4, -0.2) is 27.9 Å². The number of fused-ring (bicyclic) bond motifs is 1. The van der Waals surface area contributed by atoms with E-state index in [1.54, 1.807) is 13.1 Å². The standard InChI is InChI=1S/C15H19N3O2/c1-2-20-14(19)15(16,12-7-8-12)10-18-13-6-4-3-5-11(13)9-17-18/h3-6,9,12H,2,7-8,10,16H2,1H3. The lowest BCUT2D eigenvalue weighted by molar-refractivity contribution is -0.151. The quantitative estimate of drug-likeness (QED) is 0.842. The first-order chi connectivity index (χ1) is 9.65. The fourth-order valence-corrected chi connectivity index (χ4v) is 2.62. The molecule has 0 saturated heterocycles. The Morgan fingerprint density at radius 1 is 1.50 bits per heavy atom. The van der Waals surface area contributed by atoms with Crippen molar-refractivity contribution in [3.05, 3.63) is 30.5 Å². The van der Waals surface area contributed by atoms with E-state index in [1.807, 2.05) is 28.9 Å². The van der Waals surface area contributed by atoms with Crippen LogP contribution in [0.2, 0.25) is 0 Å². The summed E-state index contributed by atoms with van der Waals surface area (Å²) in [6, 6.07) is 7.91. The van der Waals surface area contributed by atoms with Gasteiger partial charge in [0.1, 0.15) is 5.54 Å². The number of para-hydroxylation sites is 1. The molecule has 5 heteroatoms. The first kappa shape index (κ1) is 13.1. The topological polar surface area (TPSA) is 70.1 Å². The van der Waals surface area contributed by atoms with Crippen LogP contribution in [0, 0.1) is 5.92 Å². The van der Waals surface area contributed by atoms with Crippen molar-refractivity contribution < 1.29 is 9.53 Å². The largest absolute Gasteiger partial charge is 0.465 e. The van der Waals surface area contributed by atoms with Gasteiger partial charge in [-0.3, -0.25) is 4.68 Å². The van der Waals surface area contributed by atoms with Crippen LogP contribution < -0.4 is 5.73 Å². The molecule has 0 spiro atoms. The molecule has 0 radical (unpaired) electrons. The van der Waals surface area contributed by atoms with Crippen molar-refractivity contribution in [2.75, 3.05) is 6.61 Å². The Kier molecular flexibility index (Phi) is 3.22. The van der Waals surface area contributed by atoms with Gasteiger partial charge in [0.05, 0.1) is 24.9 Å².